The van der Waals surface area contributed by atoms with E-state index in [1.54, 1.807) is 18.2 Å². The Balaban J connectivity index is 1.92. The molecular formula is C14H11N5O3. The van der Waals surface area contributed by atoms with Crippen LogP contribution >= 0.6 is 0 Å². The molecule has 2 rings (SSSR count). The average Bonchev–Trinajstić information content (AvgIpc) is 2.53. The van der Waals surface area contributed by atoms with Crippen LogP contribution < -0.4 is 11.1 Å². The van der Waals surface area contributed by atoms with E-state index in [1.807, 2.05) is 6.07 Å². The maximum absolute atomic E-state index is 11.7. The molecule has 8 heteroatoms. The molecule has 0 spiro atoms. The first-order valence-electron chi connectivity index (χ1n) is 6.14. The normalized spacial score (nSPS) is 9.59. The third-order valence-corrected chi connectivity index (χ3v) is 2.53. The van der Waals surface area contributed by atoms with Gasteiger partial charge in [0.25, 0.3) is 5.91 Å². The molecular weight excluding hydrogens is 286 g/mol. The van der Waals surface area contributed by atoms with Gasteiger partial charge in [-0.05, 0) is 18.2 Å². The zero-order valence-electron chi connectivity index (χ0n) is 11.3. The van der Waals surface area contributed by atoms with Crippen molar-refractivity contribution in [1.29, 1.82) is 5.26 Å². The van der Waals surface area contributed by atoms with Crippen LogP contribution in [-0.4, -0.2) is 28.5 Å². The van der Waals surface area contributed by atoms with Gasteiger partial charge in [0.05, 0.1) is 11.6 Å². The number of nitrogens with zero attached hydrogens (tertiary/aromatic N) is 3. The van der Waals surface area contributed by atoms with E-state index in [1.165, 1.54) is 18.5 Å². The minimum absolute atomic E-state index is 0.0744. The second-order valence-corrected chi connectivity index (χ2v) is 4.11. The van der Waals surface area contributed by atoms with Gasteiger partial charge in [0.2, 0.25) is 0 Å². The summed E-state index contributed by atoms with van der Waals surface area (Å²) in [6.07, 6.45) is 2.63. The Labute approximate surface area is 125 Å². The summed E-state index contributed by atoms with van der Waals surface area (Å²) >= 11 is 0. The van der Waals surface area contributed by atoms with Crippen molar-refractivity contribution in [2.75, 3.05) is 17.7 Å². The molecule has 0 bridgehead atoms. The van der Waals surface area contributed by atoms with E-state index in [9.17, 15) is 9.59 Å². The Morgan fingerprint density at radius 1 is 1.32 bits per heavy atom. The predicted octanol–water partition coefficient (Wildman–Crippen LogP) is 0.726. The lowest BCUT2D eigenvalue weighted by Gasteiger charge is -2.07. The number of benzene rings is 1. The molecule has 2 aromatic rings. The number of nitrogens with one attached hydrogen (secondary N) is 1. The van der Waals surface area contributed by atoms with Crippen molar-refractivity contribution < 1.29 is 14.3 Å². The molecule has 0 aliphatic heterocycles. The standard InChI is InChI=1S/C14H11N5O3/c15-7-9-2-1-3-10(6-9)19-11(20)8-22-14(21)12-13(16)18-5-4-17-12/h1-6H,8H2,(H2,16,18)(H,19,20). The smallest absolute Gasteiger partial charge is 0.361 e. The fraction of sp³-hybridized carbons (Fsp3) is 0.0714. The highest BCUT2D eigenvalue weighted by Crippen LogP contribution is 2.10. The number of esters is 1. The molecule has 0 aliphatic carbocycles. The molecule has 0 saturated carbocycles. The second-order valence-electron chi connectivity index (χ2n) is 4.11. The minimum atomic E-state index is -0.841. The van der Waals surface area contributed by atoms with Crippen LogP contribution in [0.3, 0.4) is 0 Å². The summed E-state index contributed by atoms with van der Waals surface area (Å²) in [7, 11) is 0. The second kappa shape index (κ2) is 6.81. The monoisotopic (exact) mass is 297 g/mol. The van der Waals surface area contributed by atoms with E-state index in [0.29, 0.717) is 11.3 Å². The fourth-order valence-corrected chi connectivity index (χ4v) is 1.57. The van der Waals surface area contributed by atoms with Crippen molar-refractivity contribution in [3.63, 3.8) is 0 Å². The quantitative estimate of drug-likeness (QED) is 0.795. The summed E-state index contributed by atoms with van der Waals surface area (Å²) in [5.41, 5.74) is 6.16. The number of carbonyl (C=O) groups excluding carboxylic acids is 2. The Morgan fingerprint density at radius 3 is 2.82 bits per heavy atom. The largest absolute Gasteiger partial charge is 0.451 e. The Bertz CT molecular complexity index is 754. The summed E-state index contributed by atoms with van der Waals surface area (Å²) < 4.78 is 4.80. The van der Waals surface area contributed by atoms with Crippen LogP contribution in [0.4, 0.5) is 11.5 Å². The Kier molecular flexibility index (Phi) is 4.62. The highest BCUT2D eigenvalue weighted by molar-refractivity contribution is 5.96. The van der Waals surface area contributed by atoms with E-state index in [2.05, 4.69) is 15.3 Å². The molecule has 0 unspecified atom stereocenters. The van der Waals surface area contributed by atoms with Crippen molar-refractivity contribution >= 4 is 23.4 Å². The number of hydrogen-bond donors (Lipinski definition) is 2. The van der Waals surface area contributed by atoms with Gasteiger partial charge in [0, 0.05) is 18.1 Å². The van der Waals surface area contributed by atoms with E-state index >= 15 is 0 Å². The van der Waals surface area contributed by atoms with Crippen molar-refractivity contribution in [1.82, 2.24) is 9.97 Å². The molecule has 3 N–H and O–H groups in total. The fourth-order valence-electron chi connectivity index (χ4n) is 1.57. The van der Waals surface area contributed by atoms with Gasteiger partial charge in [-0.3, -0.25) is 4.79 Å². The first kappa shape index (κ1) is 14.9. The van der Waals surface area contributed by atoms with Crippen LogP contribution in [0.2, 0.25) is 0 Å². The number of rotatable bonds is 4. The predicted molar refractivity (Wildman–Crippen MR) is 76.5 cm³/mol. The molecule has 22 heavy (non-hydrogen) atoms. The van der Waals surface area contributed by atoms with Gasteiger partial charge < -0.3 is 15.8 Å². The molecule has 8 nitrogen and oxygen atoms in total. The summed E-state index contributed by atoms with van der Waals surface area (Å²) in [6.45, 7) is -0.508. The number of aromatic nitrogens is 2. The van der Waals surface area contributed by atoms with Crippen LogP contribution in [0.1, 0.15) is 16.1 Å². The van der Waals surface area contributed by atoms with Gasteiger partial charge in [0.1, 0.15) is 0 Å². The number of nitrogen functional groups attached to an aromatic ring is 1. The number of carbonyl (C=O) groups is 2. The summed E-state index contributed by atoms with van der Waals surface area (Å²) in [6, 6.07) is 8.29. The molecule has 0 fully saturated rings. The maximum Gasteiger partial charge on any atom is 0.361 e. The van der Waals surface area contributed by atoms with Gasteiger partial charge >= 0.3 is 5.97 Å². The zero-order chi connectivity index (χ0) is 15.9. The molecule has 1 aromatic heterocycles. The van der Waals surface area contributed by atoms with Crippen LogP contribution in [0.5, 0.6) is 0 Å². The van der Waals surface area contributed by atoms with Crippen LogP contribution in [0.25, 0.3) is 0 Å². The molecule has 110 valence electrons. The highest BCUT2D eigenvalue weighted by Gasteiger charge is 2.15. The highest BCUT2D eigenvalue weighted by atomic mass is 16.5. The number of nitriles is 1. The number of anilines is 2. The molecule has 0 aliphatic rings. The van der Waals surface area contributed by atoms with E-state index in [0.717, 1.165) is 0 Å². The molecule has 1 aromatic carbocycles. The zero-order valence-corrected chi connectivity index (χ0v) is 11.3. The van der Waals surface area contributed by atoms with Crippen molar-refractivity contribution in [3.8, 4) is 6.07 Å². The minimum Gasteiger partial charge on any atom is -0.451 e. The van der Waals surface area contributed by atoms with Crippen molar-refractivity contribution in [2.45, 2.75) is 0 Å². The van der Waals surface area contributed by atoms with E-state index < -0.39 is 18.5 Å². The Hall–Kier alpha value is -3.47. The average molecular weight is 297 g/mol. The lowest BCUT2D eigenvalue weighted by Crippen LogP contribution is -2.22. The van der Waals surface area contributed by atoms with Gasteiger partial charge in [0.15, 0.2) is 18.1 Å². The first-order chi connectivity index (χ1) is 10.6. The van der Waals surface area contributed by atoms with Crippen LogP contribution in [-0.2, 0) is 9.53 Å². The summed E-state index contributed by atoms with van der Waals surface area (Å²) in [4.78, 5) is 30.8. The number of nitrogens with two attached hydrogens (primary N) is 1. The van der Waals surface area contributed by atoms with E-state index in [-0.39, 0.29) is 11.5 Å². The topological polar surface area (TPSA) is 131 Å². The SMILES string of the molecule is N#Cc1cccc(NC(=O)COC(=O)c2nccnc2N)c1. The van der Waals surface area contributed by atoms with Crippen LogP contribution in [0, 0.1) is 11.3 Å². The molecule has 1 heterocycles. The summed E-state index contributed by atoms with van der Waals surface area (Å²) in [5.74, 6) is -1.47. The van der Waals surface area contributed by atoms with Gasteiger partial charge in [-0.1, -0.05) is 6.07 Å². The third-order valence-electron chi connectivity index (χ3n) is 2.53. The van der Waals surface area contributed by atoms with Gasteiger partial charge in [-0.2, -0.15) is 5.26 Å². The lowest BCUT2D eigenvalue weighted by atomic mass is 10.2. The molecule has 0 saturated heterocycles. The van der Waals surface area contributed by atoms with Crippen LogP contribution in [0.15, 0.2) is 36.7 Å². The third kappa shape index (κ3) is 3.77. The summed E-state index contributed by atoms with van der Waals surface area (Å²) in [5, 5.41) is 11.3. The van der Waals surface area contributed by atoms with Gasteiger partial charge in [-0.25, -0.2) is 14.8 Å². The van der Waals surface area contributed by atoms with Crippen molar-refractivity contribution in [3.05, 3.63) is 47.9 Å². The van der Waals surface area contributed by atoms with E-state index in [4.69, 9.17) is 15.7 Å². The number of hydrogen-bond acceptors (Lipinski definition) is 7. The maximum atomic E-state index is 11.7. The number of amides is 1. The molecule has 1 amide bonds. The first-order valence-corrected chi connectivity index (χ1v) is 6.14. The van der Waals surface area contributed by atoms with Gasteiger partial charge in [-0.15, -0.1) is 0 Å². The van der Waals surface area contributed by atoms with Crippen molar-refractivity contribution in [2.24, 2.45) is 0 Å². The Morgan fingerprint density at radius 2 is 2.09 bits per heavy atom. The molecule has 0 radical (unpaired) electrons. The lowest BCUT2D eigenvalue weighted by molar-refractivity contribution is -0.119. The number of ether oxygens (including phenoxy) is 1. The molecule has 0 atom stereocenters.